The highest BCUT2D eigenvalue weighted by atomic mass is 16.5. The molecule has 0 aromatic carbocycles. The Bertz CT molecular complexity index is 714. The molecule has 1 aromatic rings. The van der Waals surface area contributed by atoms with Crippen LogP contribution in [-0.4, -0.2) is 83.8 Å². The number of ether oxygens (including phenoxy) is 1. The van der Waals surface area contributed by atoms with Crippen molar-refractivity contribution >= 4 is 11.8 Å². The van der Waals surface area contributed by atoms with Gasteiger partial charge >= 0.3 is 0 Å². The summed E-state index contributed by atoms with van der Waals surface area (Å²) in [5.41, 5.74) is 0.439. The number of H-pyrrole nitrogens is 1. The van der Waals surface area contributed by atoms with Gasteiger partial charge in [-0.05, 0) is 12.5 Å². The van der Waals surface area contributed by atoms with Crippen molar-refractivity contribution in [3.63, 3.8) is 0 Å². The maximum Gasteiger partial charge on any atom is 0.264 e. The molecule has 9 heteroatoms. The van der Waals surface area contributed by atoms with Crippen LogP contribution in [0.2, 0.25) is 0 Å². The number of aromatic amines is 1. The van der Waals surface area contributed by atoms with Crippen molar-refractivity contribution in [2.45, 2.75) is 43.9 Å². The number of nitrogens with one attached hydrogen (secondary N) is 2. The first-order valence-corrected chi connectivity index (χ1v) is 9.30. The zero-order chi connectivity index (χ0) is 19.4. The second-order valence-electron chi connectivity index (χ2n) is 7.47. The van der Waals surface area contributed by atoms with Crippen LogP contribution in [0.25, 0.3) is 0 Å². The first-order valence-electron chi connectivity index (χ1n) is 9.30. The van der Waals surface area contributed by atoms with Crippen molar-refractivity contribution in [1.82, 2.24) is 25.3 Å². The van der Waals surface area contributed by atoms with Gasteiger partial charge in [0, 0.05) is 58.2 Å². The van der Waals surface area contributed by atoms with Gasteiger partial charge < -0.3 is 15.0 Å². The van der Waals surface area contributed by atoms with E-state index in [1.807, 2.05) is 0 Å². The van der Waals surface area contributed by atoms with Crippen molar-refractivity contribution in [3.8, 4) is 0 Å². The highest BCUT2D eigenvalue weighted by molar-refractivity contribution is 5.76. The Kier molecular flexibility index (Phi) is 6.22. The summed E-state index contributed by atoms with van der Waals surface area (Å²) in [6, 6.07) is 3.43. The number of hydrogen-bond acceptors (Lipinski definition) is 6. The van der Waals surface area contributed by atoms with Gasteiger partial charge in [0.2, 0.25) is 11.8 Å². The Morgan fingerprint density at radius 3 is 2.89 bits per heavy atom. The molecule has 0 aliphatic carbocycles. The van der Waals surface area contributed by atoms with Gasteiger partial charge in [0.1, 0.15) is 0 Å². The lowest BCUT2D eigenvalue weighted by Gasteiger charge is -2.35. The zero-order valence-corrected chi connectivity index (χ0v) is 15.8. The number of nitrogens with zero attached hydrogens (tertiary/aromatic N) is 3. The van der Waals surface area contributed by atoms with Gasteiger partial charge in [-0.3, -0.25) is 19.3 Å². The Balaban J connectivity index is 1.42. The van der Waals surface area contributed by atoms with Crippen LogP contribution in [0.3, 0.4) is 0 Å². The normalized spacial score (nSPS) is 25.0. The van der Waals surface area contributed by atoms with E-state index in [0.29, 0.717) is 37.6 Å². The van der Waals surface area contributed by atoms with Crippen molar-refractivity contribution in [3.05, 3.63) is 28.2 Å². The molecule has 2 aliphatic heterocycles. The fourth-order valence-electron chi connectivity index (χ4n) is 3.60. The van der Waals surface area contributed by atoms with E-state index < -0.39 is 0 Å². The van der Waals surface area contributed by atoms with Gasteiger partial charge in [0.05, 0.1) is 24.8 Å². The summed E-state index contributed by atoms with van der Waals surface area (Å²) in [6.45, 7) is 2.10. The summed E-state index contributed by atoms with van der Waals surface area (Å²) >= 11 is 0. The molecule has 0 spiro atoms. The van der Waals surface area contributed by atoms with E-state index in [4.69, 9.17) is 4.74 Å². The topological polar surface area (TPSA) is 108 Å². The lowest BCUT2D eigenvalue weighted by molar-refractivity contribution is -0.134. The predicted molar refractivity (Wildman–Crippen MR) is 98.1 cm³/mol. The minimum atomic E-state index is -0.251. The average Bonchev–Trinajstić information content (AvgIpc) is 3.02. The molecule has 2 saturated heterocycles. The highest BCUT2D eigenvalue weighted by Gasteiger charge is 2.38. The molecule has 0 saturated carbocycles. The molecule has 9 nitrogen and oxygen atoms in total. The zero-order valence-electron chi connectivity index (χ0n) is 15.8. The van der Waals surface area contributed by atoms with E-state index in [9.17, 15) is 14.4 Å². The van der Waals surface area contributed by atoms with Crippen molar-refractivity contribution in [2.24, 2.45) is 0 Å². The standard InChI is InChI=1S/C18H27N5O4/c1-22(2)18(26)8-15-10-23-9-13(7-14(23)11-27-15)19-16(24)5-3-12-4-6-17(25)21-20-12/h4,6,13-15H,3,5,7-11H2,1-2H3,(H,19,24)(H,21,25)/t13-,14+,15+/m1/s1. The fourth-order valence-corrected chi connectivity index (χ4v) is 3.60. The van der Waals surface area contributed by atoms with E-state index in [0.717, 1.165) is 19.5 Å². The molecule has 2 fully saturated rings. The van der Waals surface area contributed by atoms with Gasteiger partial charge in [0.25, 0.3) is 5.56 Å². The van der Waals surface area contributed by atoms with E-state index in [1.165, 1.54) is 6.07 Å². The second-order valence-corrected chi connectivity index (χ2v) is 7.47. The number of hydrogen-bond donors (Lipinski definition) is 2. The maximum absolute atomic E-state index is 12.2. The molecular weight excluding hydrogens is 350 g/mol. The van der Waals surface area contributed by atoms with Crippen molar-refractivity contribution in [1.29, 1.82) is 0 Å². The van der Waals surface area contributed by atoms with Gasteiger partial charge in [-0.15, -0.1) is 0 Å². The molecule has 3 rings (SSSR count). The summed E-state index contributed by atoms with van der Waals surface area (Å²) in [6.07, 6.45) is 1.98. The predicted octanol–water partition coefficient (Wildman–Crippen LogP) is -0.861. The lowest BCUT2D eigenvalue weighted by Crippen LogP contribution is -2.47. The Labute approximate surface area is 158 Å². The minimum Gasteiger partial charge on any atom is -0.375 e. The third-order valence-electron chi connectivity index (χ3n) is 5.10. The van der Waals surface area contributed by atoms with Crippen molar-refractivity contribution in [2.75, 3.05) is 33.8 Å². The molecule has 3 heterocycles. The van der Waals surface area contributed by atoms with Gasteiger partial charge in [-0.25, -0.2) is 5.10 Å². The quantitative estimate of drug-likeness (QED) is 0.668. The summed E-state index contributed by atoms with van der Waals surface area (Å²) in [7, 11) is 3.50. The van der Waals surface area contributed by atoms with E-state index in [2.05, 4.69) is 20.4 Å². The largest absolute Gasteiger partial charge is 0.375 e. The molecule has 0 bridgehead atoms. The number of carbonyl (C=O) groups excluding carboxylic acids is 2. The van der Waals surface area contributed by atoms with E-state index in [-0.39, 0.29) is 29.5 Å². The first kappa shape index (κ1) is 19.5. The molecule has 0 unspecified atom stereocenters. The molecule has 2 amide bonds. The molecule has 2 aliphatic rings. The monoisotopic (exact) mass is 377 g/mol. The van der Waals surface area contributed by atoms with Gasteiger partial charge in [0.15, 0.2) is 0 Å². The number of morpholine rings is 1. The molecule has 1 aromatic heterocycles. The van der Waals surface area contributed by atoms with Crippen LogP contribution in [-0.2, 0) is 20.7 Å². The van der Waals surface area contributed by atoms with Crippen LogP contribution in [0, 0.1) is 0 Å². The van der Waals surface area contributed by atoms with Crippen molar-refractivity contribution < 1.29 is 14.3 Å². The van der Waals surface area contributed by atoms with Crippen LogP contribution in [0.15, 0.2) is 16.9 Å². The Morgan fingerprint density at radius 1 is 1.37 bits per heavy atom. The van der Waals surface area contributed by atoms with Crippen LogP contribution in [0.1, 0.15) is 25.0 Å². The third-order valence-corrected chi connectivity index (χ3v) is 5.10. The summed E-state index contributed by atoms with van der Waals surface area (Å²) in [4.78, 5) is 39.0. The van der Waals surface area contributed by atoms with Crippen LogP contribution in [0.4, 0.5) is 0 Å². The Morgan fingerprint density at radius 2 is 2.19 bits per heavy atom. The summed E-state index contributed by atoms with van der Waals surface area (Å²) in [5, 5.41) is 9.36. The van der Waals surface area contributed by atoms with Crippen LogP contribution in [0.5, 0.6) is 0 Å². The third kappa shape index (κ3) is 5.36. The number of fused-ring (bicyclic) bond motifs is 1. The molecule has 0 radical (unpaired) electrons. The molecular formula is C18H27N5O4. The van der Waals surface area contributed by atoms with Crippen LogP contribution < -0.4 is 10.9 Å². The summed E-state index contributed by atoms with van der Waals surface area (Å²) in [5.74, 6) is 0.0477. The maximum atomic E-state index is 12.2. The molecule has 2 N–H and O–H groups in total. The number of carbonyl (C=O) groups is 2. The number of aromatic nitrogens is 2. The second kappa shape index (κ2) is 8.62. The first-order chi connectivity index (χ1) is 12.9. The number of aryl methyl sites for hydroxylation is 1. The Hall–Kier alpha value is -2.26. The van der Waals surface area contributed by atoms with E-state index >= 15 is 0 Å². The molecule has 27 heavy (non-hydrogen) atoms. The number of rotatable bonds is 6. The highest BCUT2D eigenvalue weighted by Crippen LogP contribution is 2.24. The minimum absolute atomic E-state index is 0.0203. The van der Waals surface area contributed by atoms with Gasteiger partial charge in [-0.1, -0.05) is 0 Å². The smallest absolute Gasteiger partial charge is 0.264 e. The van der Waals surface area contributed by atoms with E-state index in [1.54, 1.807) is 25.1 Å². The molecule has 3 atom stereocenters. The SMILES string of the molecule is CN(C)C(=O)C[C@H]1CN2C[C@H](NC(=O)CCc3ccc(=O)[nH]n3)C[C@H]2CO1. The fraction of sp³-hybridized carbons (Fsp3) is 0.667. The van der Waals surface area contributed by atoms with Gasteiger partial charge in [-0.2, -0.15) is 5.10 Å². The summed E-state index contributed by atoms with van der Waals surface area (Å²) < 4.78 is 5.84. The average molecular weight is 377 g/mol. The molecule has 148 valence electrons. The van der Waals surface area contributed by atoms with Crippen LogP contribution >= 0.6 is 0 Å². The lowest BCUT2D eigenvalue weighted by atomic mass is 10.1. The number of amides is 2.